The lowest BCUT2D eigenvalue weighted by atomic mass is 9.99. The van der Waals surface area contributed by atoms with Gasteiger partial charge in [-0.1, -0.05) is 0 Å². The molecule has 94 valence electrons. The fraction of sp³-hybridized carbons (Fsp3) is 0.455. The number of nitrogens with zero attached hydrogens (tertiary/aromatic N) is 1. The quantitative estimate of drug-likeness (QED) is 0.848. The zero-order valence-corrected chi connectivity index (χ0v) is 10.1. The van der Waals surface area contributed by atoms with Gasteiger partial charge in [0.05, 0.1) is 12.1 Å². The first-order valence-electron chi connectivity index (χ1n) is 5.39. The van der Waals surface area contributed by atoms with Gasteiger partial charge in [0.15, 0.2) is 0 Å². The number of hydrogen-bond donors (Lipinski definition) is 2. The van der Waals surface area contributed by atoms with Crippen LogP contribution in [-0.4, -0.2) is 24.0 Å². The smallest absolute Gasteiger partial charge is 0.229 e. The predicted octanol–water partition coefficient (Wildman–Crippen LogP) is 1.58. The summed E-state index contributed by atoms with van der Waals surface area (Å²) in [7, 11) is 0. The molecule has 4 nitrogen and oxygen atoms in total. The lowest BCUT2D eigenvalue weighted by molar-refractivity contribution is -0.120. The van der Waals surface area contributed by atoms with Crippen LogP contribution in [0.4, 0.5) is 10.2 Å². The third-order valence-electron chi connectivity index (χ3n) is 2.65. The van der Waals surface area contributed by atoms with E-state index in [1.165, 1.54) is 12.1 Å². The summed E-state index contributed by atoms with van der Waals surface area (Å²) in [4.78, 5) is 15.6. The van der Waals surface area contributed by atoms with Crippen LogP contribution in [0.5, 0.6) is 0 Å². The number of amides is 1. The van der Waals surface area contributed by atoms with Gasteiger partial charge in [0, 0.05) is 6.54 Å². The zero-order valence-electron chi connectivity index (χ0n) is 9.28. The first-order chi connectivity index (χ1) is 7.75. The molecule has 1 aromatic rings. The predicted molar refractivity (Wildman–Crippen MR) is 65.7 cm³/mol. The number of carbonyl (C=O) groups excluding carboxylic acids is 1. The van der Waals surface area contributed by atoms with Crippen LogP contribution in [-0.2, 0) is 4.79 Å². The van der Waals surface area contributed by atoms with Crippen LogP contribution in [0.2, 0.25) is 0 Å². The minimum atomic E-state index is -0.405. The normalized spacial score (nSPS) is 19.2. The number of rotatable bonds is 2. The number of carbonyl (C=O) groups is 1. The Balaban J connectivity index is 0.00000144. The van der Waals surface area contributed by atoms with Crippen molar-refractivity contribution >= 4 is 24.1 Å². The number of halogens is 2. The molecule has 2 rings (SSSR count). The molecule has 0 saturated carbocycles. The second-order valence-electron chi connectivity index (χ2n) is 3.89. The van der Waals surface area contributed by atoms with Gasteiger partial charge in [-0.15, -0.1) is 12.4 Å². The second-order valence-corrected chi connectivity index (χ2v) is 3.89. The number of anilines is 1. The fourth-order valence-corrected chi connectivity index (χ4v) is 1.75. The zero-order chi connectivity index (χ0) is 11.4. The molecule has 1 fully saturated rings. The van der Waals surface area contributed by atoms with E-state index in [1.54, 1.807) is 0 Å². The minimum absolute atomic E-state index is 0. The van der Waals surface area contributed by atoms with Crippen LogP contribution >= 0.6 is 12.4 Å². The van der Waals surface area contributed by atoms with Crippen molar-refractivity contribution in [1.29, 1.82) is 0 Å². The Bertz CT molecular complexity index is 365. The van der Waals surface area contributed by atoms with Crippen molar-refractivity contribution in [2.24, 2.45) is 5.92 Å². The van der Waals surface area contributed by atoms with Gasteiger partial charge in [0.25, 0.3) is 0 Å². The number of nitrogens with one attached hydrogen (secondary N) is 2. The van der Waals surface area contributed by atoms with E-state index in [0.717, 1.165) is 25.6 Å². The SMILES string of the molecule is Cl.O=C(Nc1ccc(F)cn1)C1CCCNC1. The van der Waals surface area contributed by atoms with Crippen LogP contribution in [0.25, 0.3) is 0 Å². The molecular weight excluding hydrogens is 245 g/mol. The van der Waals surface area contributed by atoms with Crippen LogP contribution in [0, 0.1) is 11.7 Å². The maximum atomic E-state index is 12.6. The maximum absolute atomic E-state index is 12.6. The Hall–Kier alpha value is -1.20. The van der Waals surface area contributed by atoms with Crippen LogP contribution in [0.15, 0.2) is 18.3 Å². The Morgan fingerprint density at radius 1 is 1.53 bits per heavy atom. The van der Waals surface area contributed by atoms with Crippen molar-refractivity contribution in [3.63, 3.8) is 0 Å². The molecule has 1 atom stereocenters. The molecule has 1 aromatic heterocycles. The van der Waals surface area contributed by atoms with Gasteiger partial charge in [-0.3, -0.25) is 4.79 Å². The Labute approximate surface area is 105 Å². The van der Waals surface area contributed by atoms with Crippen LogP contribution in [0.3, 0.4) is 0 Å². The molecule has 6 heteroatoms. The Morgan fingerprint density at radius 3 is 2.94 bits per heavy atom. The highest BCUT2D eigenvalue weighted by molar-refractivity contribution is 5.91. The molecular formula is C11H15ClFN3O. The molecule has 0 aliphatic carbocycles. The highest BCUT2D eigenvalue weighted by atomic mass is 35.5. The van der Waals surface area contributed by atoms with E-state index >= 15 is 0 Å². The largest absolute Gasteiger partial charge is 0.316 e. The van der Waals surface area contributed by atoms with Crippen LogP contribution in [0.1, 0.15) is 12.8 Å². The Morgan fingerprint density at radius 2 is 2.35 bits per heavy atom. The average Bonchev–Trinajstić information content (AvgIpc) is 2.33. The molecule has 1 amide bonds. The average molecular weight is 260 g/mol. The first-order valence-corrected chi connectivity index (χ1v) is 5.39. The molecule has 17 heavy (non-hydrogen) atoms. The molecule has 1 unspecified atom stereocenters. The molecule has 1 aliphatic heterocycles. The van der Waals surface area contributed by atoms with Gasteiger partial charge < -0.3 is 10.6 Å². The van der Waals surface area contributed by atoms with Crippen molar-refractivity contribution < 1.29 is 9.18 Å². The summed E-state index contributed by atoms with van der Waals surface area (Å²) in [5, 5.41) is 5.85. The summed E-state index contributed by atoms with van der Waals surface area (Å²) in [6.45, 7) is 1.67. The summed E-state index contributed by atoms with van der Waals surface area (Å²) in [6, 6.07) is 2.74. The van der Waals surface area contributed by atoms with Crippen molar-refractivity contribution in [3.05, 3.63) is 24.1 Å². The van der Waals surface area contributed by atoms with Gasteiger partial charge in [0.1, 0.15) is 11.6 Å². The highest BCUT2D eigenvalue weighted by Gasteiger charge is 2.20. The van der Waals surface area contributed by atoms with E-state index in [1.807, 2.05) is 0 Å². The van der Waals surface area contributed by atoms with Crippen molar-refractivity contribution in [2.45, 2.75) is 12.8 Å². The summed E-state index contributed by atoms with van der Waals surface area (Å²) in [5.41, 5.74) is 0. The molecule has 0 aromatic carbocycles. The standard InChI is InChI=1S/C11H14FN3O.ClH/c12-9-3-4-10(14-7-9)15-11(16)8-2-1-5-13-6-8;/h3-4,7-8,13H,1-2,5-6H2,(H,14,15,16);1H. The van der Waals surface area contributed by atoms with E-state index in [-0.39, 0.29) is 24.2 Å². The summed E-state index contributed by atoms with van der Waals surface area (Å²) in [5.74, 6) is -0.0683. The maximum Gasteiger partial charge on any atom is 0.229 e. The summed E-state index contributed by atoms with van der Waals surface area (Å²) < 4.78 is 12.6. The summed E-state index contributed by atoms with van der Waals surface area (Å²) in [6.07, 6.45) is 2.99. The van der Waals surface area contributed by atoms with Crippen molar-refractivity contribution in [1.82, 2.24) is 10.3 Å². The third kappa shape index (κ3) is 3.94. The van der Waals surface area contributed by atoms with E-state index < -0.39 is 5.82 Å². The van der Waals surface area contributed by atoms with Gasteiger partial charge in [0.2, 0.25) is 5.91 Å². The van der Waals surface area contributed by atoms with Gasteiger partial charge in [-0.05, 0) is 31.5 Å². The molecule has 2 N–H and O–H groups in total. The number of pyridine rings is 1. The molecule has 0 spiro atoms. The second kappa shape index (κ2) is 6.51. The van der Waals surface area contributed by atoms with Crippen molar-refractivity contribution in [2.75, 3.05) is 18.4 Å². The fourth-order valence-electron chi connectivity index (χ4n) is 1.75. The number of piperidine rings is 1. The number of aromatic nitrogens is 1. The van der Waals surface area contributed by atoms with E-state index in [4.69, 9.17) is 0 Å². The minimum Gasteiger partial charge on any atom is -0.316 e. The van der Waals surface area contributed by atoms with E-state index in [2.05, 4.69) is 15.6 Å². The van der Waals surface area contributed by atoms with E-state index in [9.17, 15) is 9.18 Å². The topological polar surface area (TPSA) is 54.0 Å². The lowest BCUT2D eigenvalue weighted by Crippen LogP contribution is -2.37. The third-order valence-corrected chi connectivity index (χ3v) is 2.65. The number of hydrogen-bond acceptors (Lipinski definition) is 3. The molecule has 0 radical (unpaired) electrons. The monoisotopic (exact) mass is 259 g/mol. The molecule has 1 aliphatic rings. The van der Waals surface area contributed by atoms with Gasteiger partial charge in [-0.25, -0.2) is 9.37 Å². The summed E-state index contributed by atoms with van der Waals surface area (Å²) >= 11 is 0. The first kappa shape index (κ1) is 13.9. The van der Waals surface area contributed by atoms with Gasteiger partial charge >= 0.3 is 0 Å². The molecule has 1 saturated heterocycles. The van der Waals surface area contributed by atoms with E-state index in [0.29, 0.717) is 12.4 Å². The molecule has 2 heterocycles. The van der Waals surface area contributed by atoms with Crippen LogP contribution < -0.4 is 10.6 Å². The lowest BCUT2D eigenvalue weighted by Gasteiger charge is -2.21. The molecule has 0 bridgehead atoms. The van der Waals surface area contributed by atoms with Gasteiger partial charge in [-0.2, -0.15) is 0 Å². The van der Waals surface area contributed by atoms with Crippen molar-refractivity contribution in [3.8, 4) is 0 Å². The highest BCUT2D eigenvalue weighted by Crippen LogP contribution is 2.12. The Kier molecular flexibility index (Phi) is 5.31.